The molecule has 2 aromatic carbocycles. The third-order valence-electron chi connectivity index (χ3n) is 9.36. The summed E-state index contributed by atoms with van der Waals surface area (Å²) >= 11 is 0. The lowest BCUT2D eigenvalue weighted by molar-refractivity contribution is -0.143. The molecule has 12 heteroatoms. The molecule has 1 aliphatic carbocycles. The minimum absolute atomic E-state index is 0.0304. The van der Waals surface area contributed by atoms with Crippen LogP contribution in [-0.4, -0.2) is 67.1 Å². The Balaban J connectivity index is 1.13. The third kappa shape index (κ3) is 7.22. The van der Waals surface area contributed by atoms with Crippen LogP contribution >= 0.6 is 0 Å². The molecule has 48 heavy (non-hydrogen) atoms. The van der Waals surface area contributed by atoms with Gasteiger partial charge in [0.2, 0.25) is 11.8 Å². The molecular formula is C36H37FN6O5. The SMILES string of the molecule is CO[C@]1(C#Cc2cccnn2)CC[C@@H](C(=O)N2CCC(O)(Cn3cnc(Oc4ccc(F)cc4)c(N)c3=O)CC2)[C@H](c2ccccc2)C1. The van der Waals surface area contributed by atoms with Gasteiger partial charge in [0.25, 0.3) is 5.56 Å². The highest BCUT2D eigenvalue weighted by Gasteiger charge is 2.46. The van der Waals surface area contributed by atoms with Gasteiger partial charge in [0.1, 0.15) is 29.2 Å². The lowest BCUT2D eigenvalue weighted by atomic mass is 9.68. The second kappa shape index (κ2) is 13.9. The highest BCUT2D eigenvalue weighted by molar-refractivity contribution is 5.80. The number of aliphatic hydroxyl groups is 1. The molecule has 2 aromatic heterocycles. The summed E-state index contributed by atoms with van der Waals surface area (Å²) in [5.74, 6) is 5.77. The van der Waals surface area contributed by atoms with E-state index in [1.807, 2.05) is 35.2 Å². The topological polar surface area (TPSA) is 146 Å². The number of carbonyl (C=O) groups is 1. The van der Waals surface area contributed by atoms with E-state index in [0.717, 1.165) is 5.56 Å². The van der Waals surface area contributed by atoms with Crippen molar-refractivity contribution < 1.29 is 23.8 Å². The smallest absolute Gasteiger partial charge is 0.280 e. The van der Waals surface area contributed by atoms with Crippen LogP contribution in [0.1, 0.15) is 49.3 Å². The molecule has 0 radical (unpaired) electrons. The molecule has 4 aromatic rings. The van der Waals surface area contributed by atoms with Gasteiger partial charge in [-0.2, -0.15) is 5.10 Å². The van der Waals surface area contributed by atoms with Crippen LogP contribution in [0, 0.1) is 23.6 Å². The van der Waals surface area contributed by atoms with Crippen LogP contribution in [0.4, 0.5) is 10.1 Å². The van der Waals surface area contributed by atoms with Gasteiger partial charge in [-0.05, 0) is 85.9 Å². The molecule has 0 bridgehead atoms. The summed E-state index contributed by atoms with van der Waals surface area (Å²) in [4.78, 5) is 33.2. The van der Waals surface area contributed by atoms with Crippen molar-refractivity contribution in [3.63, 3.8) is 0 Å². The largest absolute Gasteiger partial charge is 0.437 e. The van der Waals surface area contributed by atoms with Crippen molar-refractivity contribution in [1.82, 2.24) is 24.6 Å². The van der Waals surface area contributed by atoms with Gasteiger partial charge in [-0.25, -0.2) is 9.37 Å². The maximum atomic E-state index is 14.1. The van der Waals surface area contributed by atoms with Crippen molar-refractivity contribution in [2.75, 3.05) is 25.9 Å². The third-order valence-corrected chi connectivity index (χ3v) is 9.36. The fourth-order valence-corrected chi connectivity index (χ4v) is 6.58. The number of hydrogen-bond donors (Lipinski definition) is 2. The minimum atomic E-state index is -1.25. The van der Waals surface area contributed by atoms with Crippen molar-refractivity contribution in [2.24, 2.45) is 5.92 Å². The van der Waals surface area contributed by atoms with Crippen LogP contribution in [0.2, 0.25) is 0 Å². The van der Waals surface area contributed by atoms with Gasteiger partial charge in [-0.1, -0.05) is 36.3 Å². The van der Waals surface area contributed by atoms with E-state index in [2.05, 4.69) is 27.0 Å². The number of hydrogen-bond acceptors (Lipinski definition) is 9. The number of halogens is 1. The zero-order valence-corrected chi connectivity index (χ0v) is 26.6. The predicted molar refractivity (Wildman–Crippen MR) is 175 cm³/mol. The summed E-state index contributed by atoms with van der Waals surface area (Å²) in [5, 5.41) is 19.5. The molecular weight excluding hydrogens is 615 g/mol. The molecule has 2 fully saturated rings. The fraction of sp³-hybridized carbons (Fsp3) is 0.361. The number of nitrogens with two attached hydrogens (primary N) is 1. The number of anilines is 1. The maximum absolute atomic E-state index is 14.1. The van der Waals surface area contributed by atoms with E-state index in [1.165, 1.54) is 35.2 Å². The van der Waals surface area contributed by atoms with Gasteiger partial charge in [0.15, 0.2) is 5.69 Å². The van der Waals surface area contributed by atoms with E-state index in [-0.39, 0.29) is 54.4 Å². The molecule has 248 valence electrons. The van der Waals surface area contributed by atoms with E-state index >= 15 is 0 Å². The first-order valence-electron chi connectivity index (χ1n) is 15.9. The Labute approximate surface area is 277 Å². The number of nitrogens with zero attached hydrogens (tertiary/aromatic N) is 5. The van der Waals surface area contributed by atoms with E-state index in [4.69, 9.17) is 15.2 Å². The zero-order valence-electron chi connectivity index (χ0n) is 26.6. The first kappa shape index (κ1) is 32.8. The van der Waals surface area contributed by atoms with Gasteiger partial charge < -0.3 is 25.2 Å². The summed E-state index contributed by atoms with van der Waals surface area (Å²) in [6.45, 7) is 0.621. The fourth-order valence-electron chi connectivity index (χ4n) is 6.58. The molecule has 0 spiro atoms. The molecule has 1 aliphatic heterocycles. The number of amides is 1. The number of nitrogen functional groups attached to an aromatic ring is 1. The standard InChI is InChI=1S/C36H37FN6O5/c1-47-36(15-13-27-8-5-19-40-41-27)16-14-29(30(22-36)25-6-3-2-4-7-25)33(44)42-20-17-35(46,18-21-42)23-43-24-39-32(31(38)34(43)45)48-28-11-9-26(37)10-12-28/h2-12,19,24,29-30,46H,14,16-18,20-23,38H2,1H3/t29-,30+,36-/m1/s1. The highest BCUT2D eigenvalue weighted by atomic mass is 19.1. The second-order valence-corrected chi connectivity index (χ2v) is 12.4. The molecule has 2 aliphatic rings. The van der Waals surface area contributed by atoms with Crippen LogP contribution in [0.15, 0.2) is 84.0 Å². The first-order chi connectivity index (χ1) is 23.2. The van der Waals surface area contributed by atoms with Crippen molar-refractivity contribution in [2.45, 2.75) is 55.8 Å². The number of ether oxygens (including phenoxy) is 2. The van der Waals surface area contributed by atoms with Crippen LogP contribution in [0.25, 0.3) is 0 Å². The van der Waals surface area contributed by atoms with Gasteiger partial charge in [0.05, 0.1) is 12.1 Å². The van der Waals surface area contributed by atoms with Crippen molar-refractivity contribution in [3.05, 3.63) is 107 Å². The van der Waals surface area contributed by atoms with Crippen LogP contribution < -0.4 is 16.0 Å². The molecule has 3 N–H and O–H groups in total. The van der Waals surface area contributed by atoms with Crippen LogP contribution in [0.3, 0.4) is 0 Å². The van der Waals surface area contributed by atoms with Gasteiger partial charge in [-0.3, -0.25) is 14.2 Å². The number of likely N-dealkylation sites (tertiary alicyclic amines) is 1. The lowest BCUT2D eigenvalue weighted by Gasteiger charge is -2.44. The quantitative estimate of drug-likeness (QED) is 0.284. The summed E-state index contributed by atoms with van der Waals surface area (Å²) in [7, 11) is 1.65. The Morgan fingerprint density at radius 2 is 1.83 bits per heavy atom. The van der Waals surface area contributed by atoms with Crippen LogP contribution in [-0.2, 0) is 16.1 Å². The van der Waals surface area contributed by atoms with Crippen molar-refractivity contribution in [1.29, 1.82) is 0 Å². The van der Waals surface area contributed by atoms with E-state index < -0.39 is 22.6 Å². The molecule has 3 heterocycles. The number of carbonyl (C=O) groups excluding carboxylic acids is 1. The molecule has 1 saturated carbocycles. The minimum Gasteiger partial charge on any atom is -0.437 e. The Bertz CT molecular complexity index is 1850. The monoisotopic (exact) mass is 652 g/mol. The maximum Gasteiger partial charge on any atom is 0.280 e. The Morgan fingerprint density at radius 1 is 1.08 bits per heavy atom. The summed E-state index contributed by atoms with van der Waals surface area (Å²) < 4.78 is 26.1. The van der Waals surface area contributed by atoms with Crippen LogP contribution in [0.5, 0.6) is 11.6 Å². The second-order valence-electron chi connectivity index (χ2n) is 12.4. The molecule has 0 unspecified atom stereocenters. The summed E-state index contributed by atoms with van der Waals surface area (Å²) in [6.07, 6.45) is 5.10. The molecule has 1 amide bonds. The number of rotatable bonds is 7. The Hall–Kier alpha value is -5.12. The number of piperidine rings is 1. The van der Waals surface area contributed by atoms with Gasteiger partial charge in [-0.15, -0.1) is 5.10 Å². The lowest BCUT2D eigenvalue weighted by Crippen LogP contribution is -2.52. The zero-order chi connectivity index (χ0) is 33.7. The normalized spacial score (nSPS) is 21.9. The molecule has 3 atom stereocenters. The average molecular weight is 653 g/mol. The average Bonchev–Trinajstić information content (AvgIpc) is 3.12. The van der Waals surface area contributed by atoms with Crippen molar-refractivity contribution in [3.8, 4) is 23.5 Å². The van der Waals surface area contributed by atoms with Crippen molar-refractivity contribution >= 4 is 11.6 Å². The first-order valence-corrected chi connectivity index (χ1v) is 15.9. The Kier molecular flexibility index (Phi) is 9.52. The predicted octanol–water partition coefficient (Wildman–Crippen LogP) is 3.92. The number of methoxy groups -OCH3 is 1. The van der Waals surface area contributed by atoms with E-state index in [9.17, 15) is 19.1 Å². The number of benzene rings is 2. The summed E-state index contributed by atoms with van der Waals surface area (Å²) in [6, 6.07) is 18.8. The molecule has 6 rings (SSSR count). The Morgan fingerprint density at radius 3 is 2.52 bits per heavy atom. The van der Waals surface area contributed by atoms with Gasteiger partial charge >= 0.3 is 0 Å². The van der Waals surface area contributed by atoms with E-state index in [1.54, 1.807) is 25.4 Å². The summed E-state index contributed by atoms with van der Waals surface area (Å²) in [5.41, 5.74) is 4.85. The van der Waals surface area contributed by atoms with E-state index in [0.29, 0.717) is 38.0 Å². The highest BCUT2D eigenvalue weighted by Crippen LogP contribution is 2.45. The number of aromatic nitrogens is 4. The molecule has 11 nitrogen and oxygen atoms in total. The van der Waals surface area contributed by atoms with Gasteiger partial charge in [0, 0.05) is 32.3 Å². The molecule has 1 saturated heterocycles.